The molecule has 5 heteroatoms. The summed E-state index contributed by atoms with van der Waals surface area (Å²) in [5.41, 5.74) is 0.266. The van der Waals surface area contributed by atoms with E-state index in [0.717, 1.165) is 0 Å². The normalized spacial score (nSPS) is 10.2. The van der Waals surface area contributed by atoms with Crippen LogP contribution in [0.15, 0.2) is 24.3 Å². The summed E-state index contributed by atoms with van der Waals surface area (Å²) in [6, 6.07) is 5.83. The van der Waals surface area contributed by atoms with Crippen LogP contribution in [0.5, 0.6) is 5.75 Å². The van der Waals surface area contributed by atoms with E-state index >= 15 is 0 Å². The number of benzene rings is 1. The molecule has 0 aliphatic heterocycles. The molecule has 1 aromatic carbocycles. The van der Waals surface area contributed by atoms with Crippen molar-refractivity contribution < 1.29 is 17.9 Å². The molecule has 1 rings (SSSR count). The van der Waals surface area contributed by atoms with Crippen molar-refractivity contribution in [2.75, 3.05) is 11.9 Å². The fraction of sp³-hybridized carbons (Fsp3) is 0.273. The van der Waals surface area contributed by atoms with Crippen LogP contribution in [-0.4, -0.2) is 12.9 Å². The lowest BCUT2D eigenvalue weighted by Crippen LogP contribution is -2.18. The van der Waals surface area contributed by atoms with Crippen LogP contribution >= 0.6 is 0 Å². The standard InChI is InChI=1S/C11H10F3NO/c1-2-3-8-15-9-6-4-5-7-10(9)16-11(12,13)14/h4-7,15H,8H2,1H3. The summed E-state index contributed by atoms with van der Waals surface area (Å²) in [6.45, 7) is 1.93. The van der Waals surface area contributed by atoms with Gasteiger partial charge in [0.2, 0.25) is 0 Å². The molecule has 0 aliphatic carbocycles. The third kappa shape index (κ3) is 4.13. The summed E-state index contributed by atoms with van der Waals surface area (Å²) in [5.74, 6) is 5.06. The minimum atomic E-state index is -4.69. The number of halogens is 3. The maximum absolute atomic E-state index is 12.0. The van der Waals surface area contributed by atoms with E-state index in [-0.39, 0.29) is 18.0 Å². The first-order chi connectivity index (χ1) is 7.53. The molecule has 0 atom stereocenters. The Morgan fingerprint density at radius 3 is 2.62 bits per heavy atom. The van der Waals surface area contributed by atoms with Gasteiger partial charge in [0, 0.05) is 0 Å². The Morgan fingerprint density at radius 1 is 1.31 bits per heavy atom. The fourth-order valence-electron chi connectivity index (χ4n) is 1.05. The smallest absolute Gasteiger partial charge is 0.404 e. The molecule has 1 aromatic rings. The van der Waals surface area contributed by atoms with Crippen molar-refractivity contribution in [2.24, 2.45) is 0 Å². The summed E-state index contributed by atoms with van der Waals surface area (Å²) < 4.78 is 39.9. The van der Waals surface area contributed by atoms with Gasteiger partial charge in [-0.05, 0) is 19.1 Å². The third-order valence-electron chi connectivity index (χ3n) is 1.66. The van der Waals surface area contributed by atoms with Crippen LogP contribution in [0, 0.1) is 11.8 Å². The molecule has 0 fully saturated rings. The highest BCUT2D eigenvalue weighted by Gasteiger charge is 2.31. The summed E-state index contributed by atoms with van der Waals surface area (Å²) in [7, 11) is 0. The summed E-state index contributed by atoms with van der Waals surface area (Å²) >= 11 is 0. The van der Waals surface area contributed by atoms with Crippen molar-refractivity contribution in [3.8, 4) is 17.6 Å². The Labute approximate surface area is 91.4 Å². The molecular weight excluding hydrogens is 219 g/mol. The zero-order valence-corrected chi connectivity index (χ0v) is 8.56. The van der Waals surface area contributed by atoms with Crippen molar-refractivity contribution in [1.29, 1.82) is 0 Å². The second-order valence-corrected chi connectivity index (χ2v) is 2.82. The second kappa shape index (κ2) is 5.31. The molecule has 2 nitrogen and oxygen atoms in total. The van der Waals surface area contributed by atoms with Crippen LogP contribution in [0.2, 0.25) is 0 Å². The van der Waals surface area contributed by atoms with Crippen molar-refractivity contribution in [3.05, 3.63) is 24.3 Å². The molecule has 0 spiro atoms. The molecule has 0 heterocycles. The highest BCUT2D eigenvalue weighted by molar-refractivity contribution is 5.56. The van der Waals surface area contributed by atoms with Gasteiger partial charge in [-0.25, -0.2) is 0 Å². The summed E-state index contributed by atoms with van der Waals surface area (Å²) in [4.78, 5) is 0. The van der Waals surface area contributed by atoms with E-state index in [1.165, 1.54) is 18.2 Å². The SMILES string of the molecule is CC#CCNc1ccccc1OC(F)(F)F. The van der Waals surface area contributed by atoms with Crippen LogP contribution in [0.3, 0.4) is 0 Å². The van der Waals surface area contributed by atoms with Crippen LogP contribution in [0.25, 0.3) is 0 Å². The zero-order valence-electron chi connectivity index (χ0n) is 8.56. The quantitative estimate of drug-likeness (QED) is 0.804. The van der Waals surface area contributed by atoms with Gasteiger partial charge in [-0.1, -0.05) is 18.1 Å². The van der Waals surface area contributed by atoms with Gasteiger partial charge in [0.1, 0.15) is 0 Å². The van der Waals surface area contributed by atoms with Gasteiger partial charge < -0.3 is 10.1 Å². The number of hydrogen-bond acceptors (Lipinski definition) is 2. The molecule has 0 aliphatic rings. The van der Waals surface area contributed by atoms with E-state index in [1.54, 1.807) is 13.0 Å². The first-order valence-electron chi connectivity index (χ1n) is 4.51. The van der Waals surface area contributed by atoms with Gasteiger partial charge in [0.05, 0.1) is 12.2 Å². The number of hydrogen-bond donors (Lipinski definition) is 1. The molecule has 0 amide bonds. The Morgan fingerprint density at radius 2 is 2.00 bits per heavy atom. The largest absolute Gasteiger partial charge is 0.573 e. The fourth-order valence-corrected chi connectivity index (χ4v) is 1.05. The average molecular weight is 229 g/mol. The van der Waals surface area contributed by atoms with Crippen molar-refractivity contribution in [2.45, 2.75) is 13.3 Å². The molecule has 1 N–H and O–H groups in total. The van der Waals surface area contributed by atoms with Crippen molar-refractivity contribution >= 4 is 5.69 Å². The summed E-state index contributed by atoms with van der Waals surface area (Å²) in [6.07, 6.45) is -4.69. The molecule has 86 valence electrons. The Hall–Kier alpha value is -1.83. The van der Waals surface area contributed by atoms with E-state index < -0.39 is 6.36 Å². The maximum atomic E-state index is 12.0. The van der Waals surface area contributed by atoms with Gasteiger partial charge >= 0.3 is 6.36 Å². The number of ether oxygens (including phenoxy) is 1. The van der Waals surface area contributed by atoms with Gasteiger partial charge in [0.15, 0.2) is 5.75 Å². The van der Waals surface area contributed by atoms with E-state index in [1.807, 2.05) is 0 Å². The molecule has 0 radical (unpaired) electrons. The van der Waals surface area contributed by atoms with Gasteiger partial charge in [-0.3, -0.25) is 0 Å². The Kier molecular flexibility index (Phi) is 4.06. The number of para-hydroxylation sites is 2. The predicted octanol–water partition coefficient (Wildman–Crippen LogP) is 3.02. The van der Waals surface area contributed by atoms with E-state index in [0.29, 0.717) is 0 Å². The molecule has 0 unspecified atom stereocenters. The lowest BCUT2D eigenvalue weighted by atomic mass is 10.3. The summed E-state index contributed by atoms with van der Waals surface area (Å²) in [5, 5.41) is 2.74. The molecule has 0 aromatic heterocycles. The second-order valence-electron chi connectivity index (χ2n) is 2.82. The Bertz CT molecular complexity index is 404. The van der Waals surface area contributed by atoms with Crippen molar-refractivity contribution in [1.82, 2.24) is 0 Å². The number of alkyl halides is 3. The van der Waals surface area contributed by atoms with E-state index in [2.05, 4.69) is 21.9 Å². The van der Waals surface area contributed by atoms with Crippen LogP contribution in [0.4, 0.5) is 18.9 Å². The number of anilines is 1. The van der Waals surface area contributed by atoms with Gasteiger partial charge in [-0.2, -0.15) is 0 Å². The van der Waals surface area contributed by atoms with Crippen LogP contribution in [-0.2, 0) is 0 Å². The minimum absolute atomic E-state index is 0.257. The molecule has 0 saturated carbocycles. The van der Waals surface area contributed by atoms with Crippen LogP contribution in [0.1, 0.15) is 6.92 Å². The minimum Gasteiger partial charge on any atom is -0.404 e. The average Bonchev–Trinajstić information content (AvgIpc) is 2.19. The first-order valence-corrected chi connectivity index (χ1v) is 4.51. The number of rotatable bonds is 3. The predicted molar refractivity (Wildman–Crippen MR) is 55.1 cm³/mol. The molecular formula is C11H10F3NO. The van der Waals surface area contributed by atoms with Crippen molar-refractivity contribution in [3.63, 3.8) is 0 Å². The highest BCUT2D eigenvalue weighted by Crippen LogP contribution is 2.29. The molecule has 0 bridgehead atoms. The van der Waals surface area contributed by atoms with Crippen LogP contribution < -0.4 is 10.1 Å². The number of nitrogens with one attached hydrogen (secondary N) is 1. The highest BCUT2D eigenvalue weighted by atomic mass is 19.4. The zero-order chi connectivity index (χ0) is 12.0. The lowest BCUT2D eigenvalue weighted by Gasteiger charge is -2.13. The van der Waals surface area contributed by atoms with Gasteiger partial charge in [-0.15, -0.1) is 19.1 Å². The molecule has 0 saturated heterocycles. The van der Waals surface area contributed by atoms with Gasteiger partial charge in [0.25, 0.3) is 0 Å². The lowest BCUT2D eigenvalue weighted by molar-refractivity contribution is -0.274. The van der Waals surface area contributed by atoms with E-state index in [4.69, 9.17) is 0 Å². The van der Waals surface area contributed by atoms with E-state index in [9.17, 15) is 13.2 Å². The topological polar surface area (TPSA) is 21.3 Å². The maximum Gasteiger partial charge on any atom is 0.573 e. The third-order valence-corrected chi connectivity index (χ3v) is 1.66. The first kappa shape index (κ1) is 12.2. The molecule has 16 heavy (non-hydrogen) atoms. The Balaban J connectivity index is 2.78. The monoisotopic (exact) mass is 229 g/mol.